The molecule has 1 unspecified atom stereocenters. The number of fused-ring (bicyclic) bond motifs is 5. The Morgan fingerprint density at radius 1 is 1.00 bits per heavy atom. The monoisotopic (exact) mass is 274 g/mol. The molecule has 2 heterocycles. The van der Waals surface area contributed by atoms with E-state index in [4.69, 9.17) is 0 Å². The summed E-state index contributed by atoms with van der Waals surface area (Å²) < 4.78 is 2.56. The molecule has 1 aliphatic rings. The van der Waals surface area contributed by atoms with Crippen molar-refractivity contribution in [3.63, 3.8) is 0 Å². The molecule has 1 aromatic heterocycles. The Bertz CT molecular complexity index is 863. The van der Waals surface area contributed by atoms with Gasteiger partial charge in [-0.1, -0.05) is 37.3 Å². The summed E-state index contributed by atoms with van der Waals surface area (Å²) in [6.07, 6.45) is 1.09. The lowest BCUT2D eigenvalue weighted by Crippen LogP contribution is -2.53. The zero-order chi connectivity index (χ0) is 14.6. The van der Waals surface area contributed by atoms with Gasteiger partial charge in [-0.25, -0.2) is 0 Å². The summed E-state index contributed by atoms with van der Waals surface area (Å²) in [6, 6.07) is 19.9. The summed E-state index contributed by atoms with van der Waals surface area (Å²) in [5.74, 6) is 0. The van der Waals surface area contributed by atoms with Crippen LogP contribution < -0.4 is 4.57 Å². The molecule has 1 heteroatoms. The Morgan fingerprint density at radius 2 is 1.71 bits per heavy atom. The first-order valence-corrected chi connectivity index (χ1v) is 7.71. The number of nitrogens with zero attached hydrogens (tertiary/aromatic N) is 1. The molecule has 0 saturated heterocycles. The number of benzene rings is 2. The smallest absolute Gasteiger partial charge is 0.182 e. The third kappa shape index (κ3) is 1.49. The third-order valence-corrected chi connectivity index (χ3v) is 5.09. The van der Waals surface area contributed by atoms with E-state index in [0.717, 1.165) is 6.42 Å². The molecule has 0 radical (unpaired) electrons. The van der Waals surface area contributed by atoms with Gasteiger partial charge in [0, 0.05) is 35.9 Å². The first-order valence-electron chi connectivity index (χ1n) is 7.71. The van der Waals surface area contributed by atoms with E-state index in [-0.39, 0.29) is 5.54 Å². The lowest BCUT2D eigenvalue weighted by molar-refractivity contribution is -0.712. The minimum absolute atomic E-state index is 0.0392. The molecule has 0 fully saturated rings. The first-order chi connectivity index (χ1) is 10.2. The van der Waals surface area contributed by atoms with Gasteiger partial charge in [0.2, 0.25) is 11.2 Å². The second kappa shape index (κ2) is 4.17. The van der Waals surface area contributed by atoms with E-state index in [2.05, 4.69) is 79.9 Å². The van der Waals surface area contributed by atoms with Crippen LogP contribution in [0.3, 0.4) is 0 Å². The molecule has 0 aliphatic carbocycles. The van der Waals surface area contributed by atoms with Crippen molar-refractivity contribution in [2.24, 2.45) is 0 Å². The van der Waals surface area contributed by atoms with Crippen LogP contribution in [0.5, 0.6) is 0 Å². The van der Waals surface area contributed by atoms with Gasteiger partial charge in [0.25, 0.3) is 0 Å². The highest BCUT2D eigenvalue weighted by Gasteiger charge is 2.47. The number of aromatic nitrogens is 1. The maximum Gasteiger partial charge on any atom is 0.217 e. The number of rotatable bonds is 1. The summed E-state index contributed by atoms with van der Waals surface area (Å²) in [7, 11) is 0. The Kier molecular flexibility index (Phi) is 2.50. The molecule has 0 saturated carbocycles. The molecule has 0 amide bonds. The Morgan fingerprint density at radius 3 is 2.52 bits per heavy atom. The summed E-state index contributed by atoms with van der Waals surface area (Å²) in [6.45, 7) is 6.89. The maximum atomic E-state index is 2.56. The number of aryl methyl sites for hydroxylation is 1. The molecular weight excluding hydrogens is 254 g/mol. The maximum absolute atomic E-state index is 2.56. The van der Waals surface area contributed by atoms with E-state index in [1.54, 1.807) is 0 Å². The standard InChI is InChI=1S/C20H20N/c1-4-20(3)17-11-7-6-10-16(17)19-14(2)13-15-9-5-8-12-18(15)21(19)20/h5-13H,4H2,1-3H3/q+1. The van der Waals surface area contributed by atoms with Crippen molar-refractivity contribution in [1.82, 2.24) is 0 Å². The van der Waals surface area contributed by atoms with Crippen LogP contribution >= 0.6 is 0 Å². The fraction of sp³-hybridized carbons (Fsp3) is 0.250. The normalized spacial score (nSPS) is 19.6. The zero-order valence-corrected chi connectivity index (χ0v) is 12.9. The van der Waals surface area contributed by atoms with Crippen molar-refractivity contribution < 1.29 is 4.57 Å². The largest absolute Gasteiger partial charge is 0.217 e. The van der Waals surface area contributed by atoms with Gasteiger partial charge in [0.05, 0.1) is 5.56 Å². The highest BCUT2D eigenvalue weighted by atomic mass is 15.1. The number of para-hydroxylation sites is 1. The van der Waals surface area contributed by atoms with Crippen molar-refractivity contribution in [3.05, 3.63) is 65.7 Å². The Balaban J connectivity index is 2.24. The number of pyridine rings is 1. The van der Waals surface area contributed by atoms with Gasteiger partial charge in [-0.2, -0.15) is 4.57 Å². The van der Waals surface area contributed by atoms with E-state index in [1.165, 1.54) is 33.3 Å². The van der Waals surface area contributed by atoms with Crippen molar-refractivity contribution in [2.45, 2.75) is 32.7 Å². The summed E-state index contributed by atoms with van der Waals surface area (Å²) in [4.78, 5) is 0. The number of hydrogen-bond donors (Lipinski definition) is 0. The van der Waals surface area contributed by atoms with Crippen LogP contribution in [-0.2, 0) is 5.54 Å². The second-order valence-electron chi connectivity index (χ2n) is 6.24. The molecule has 4 rings (SSSR count). The highest BCUT2D eigenvalue weighted by Crippen LogP contribution is 2.42. The van der Waals surface area contributed by atoms with Gasteiger partial charge >= 0.3 is 0 Å². The van der Waals surface area contributed by atoms with Crippen molar-refractivity contribution >= 4 is 10.9 Å². The van der Waals surface area contributed by atoms with Crippen molar-refractivity contribution in [1.29, 1.82) is 0 Å². The van der Waals surface area contributed by atoms with E-state index in [9.17, 15) is 0 Å². The first kappa shape index (κ1) is 12.6. The van der Waals surface area contributed by atoms with Crippen LogP contribution in [0, 0.1) is 6.92 Å². The summed E-state index contributed by atoms with van der Waals surface area (Å²) in [5.41, 5.74) is 6.96. The van der Waals surface area contributed by atoms with Gasteiger partial charge in [0.15, 0.2) is 5.54 Å². The molecule has 1 aliphatic heterocycles. The minimum Gasteiger partial charge on any atom is -0.182 e. The van der Waals surface area contributed by atoms with Gasteiger partial charge in [-0.3, -0.25) is 0 Å². The van der Waals surface area contributed by atoms with Gasteiger partial charge in [-0.05, 0) is 25.1 Å². The molecule has 0 spiro atoms. The van der Waals surface area contributed by atoms with Crippen LogP contribution in [0.2, 0.25) is 0 Å². The van der Waals surface area contributed by atoms with Crippen LogP contribution in [0.15, 0.2) is 54.6 Å². The zero-order valence-electron chi connectivity index (χ0n) is 12.9. The molecule has 3 aromatic rings. The lowest BCUT2D eigenvalue weighted by atomic mass is 9.89. The SMILES string of the molecule is CCC1(C)c2ccccc2-c2c(C)cc3ccccc3[n+]21. The molecule has 1 atom stereocenters. The van der Waals surface area contributed by atoms with Gasteiger partial charge < -0.3 is 0 Å². The molecule has 104 valence electrons. The van der Waals surface area contributed by atoms with E-state index in [1.807, 2.05) is 0 Å². The van der Waals surface area contributed by atoms with E-state index >= 15 is 0 Å². The van der Waals surface area contributed by atoms with Crippen LogP contribution in [0.1, 0.15) is 31.4 Å². The average Bonchev–Trinajstić information content (AvgIpc) is 2.79. The molecule has 0 N–H and O–H groups in total. The number of hydrogen-bond acceptors (Lipinski definition) is 0. The molecule has 2 aromatic carbocycles. The summed E-state index contributed by atoms with van der Waals surface area (Å²) in [5, 5.41) is 1.33. The van der Waals surface area contributed by atoms with E-state index < -0.39 is 0 Å². The lowest BCUT2D eigenvalue weighted by Gasteiger charge is -2.20. The third-order valence-electron chi connectivity index (χ3n) is 5.09. The Hall–Kier alpha value is -2.15. The minimum atomic E-state index is 0.0392. The molecular formula is C20H20N+. The Labute approximate surface area is 125 Å². The van der Waals surface area contributed by atoms with Crippen LogP contribution in [0.4, 0.5) is 0 Å². The van der Waals surface area contributed by atoms with E-state index in [0.29, 0.717) is 0 Å². The fourth-order valence-electron chi connectivity index (χ4n) is 3.89. The van der Waals surface area contributed by atoms with Crippen LogP contribution in [0.25, 0.3) is 22.2 Å². The molecule has 1 nitrogen and oxygen atoms in total. The predicted molar refractivity (Wildman–Crippen MR) is 87.4 cm³/mol. The molecule has 0 bridgehead atoms. The van der Waals surface area contributed by atoms with Crippen LogP contribution in [-0.4, -0.2) is 0 Å². The second-order valence-corrected chi connectivity index (χ2v) is 6.24. The summed E-state index contributed by atoms with van der Waals surface area (Å²) >= 11 is 0. The highest BCUT2D eigenvalue weighted by molar-refractivity contribution is 5.81. The quantitative estimate of drug-likeness (QED) is 0.571. The molecule has 21 heavy (non-hydrogen) atoms. The topological polar surface area (TPSA) is 3.88 Å². The van der Waals surface area contributed by atoms with Crippen molar-refractivity contribution in [3.8, 4) is 11.3 Å². The average molecular weight is 274 g/mol. The van der Waals surface area contributed by atoms with Gasteiger partial charge in [0.1, 0.15) is 0 Å². The van der Waals surface area contributed by atoms with Crippen molar-refractivity contribution in [2.75, 3.05) is 0 Å². The predicted octanol–water partition coefficient (Wildman–Crippen LogP) is 4.59. The van der Waals surface area contributed by atoms with Gasteiger partial charge in [-0.15, -0.1) is 0 Å². The fourth-order valence-corrected chi connectivity index (χ4v) is 3.89.